The number of pyridine rings is 1. The third-order valence-corrected chi connectivity index (χ3v) is 5.77. The van der Waals surface area contributed by atoms with E-state index in [2.05, 4.69) is 29.1 Å². The second kappa shape index (κ2) is 10.1. The quantitative estimate of drug-likeness (QED) is 0.525. The van der Waals surface area contributed by atoms with Gasteiger partial charge in [-0.3, -0.25) is 14.6 Å². The molecule has 0 aliphatic heterocycles. The van der Waals surface area contributed by atoms with Gasteiger partial charge in [0.2, 0.25) is 0 Å². The average Bonchev–Trinajstić information content (AvgIpc) is 3.22. The Morgan fingerprint density at radius 1 is 1.17 bits per heavy atom. The number of carbonyl (C=O) groups is 2. The number of nitrogens with one attached hydrogen (secondary N) is 1. The first-order valence-corrected chi connectivity index (χ1v) is 10.8. The zero-order chi connectivity index (χ0) is 21.5. The predicted octanol–water partition coefficient (Wildman–Crippen LogP) is 4.83. The molecule has 3 aromatic rings. The van der Waals surface area contributed by atoms with Gasteiger partial charge >= 0.3 is 5.97 Å². The lowest BCUT2D eigenvalue weighted by Gasteiger charge is -2.18. The molecule has 0 unspecified atom stereocenters. The Bertz CT molecular complexity index is 1000. The van der Waals surface area contributed by atoms with Crippen molar-refractivity contribution in [1.29, 1.82) is 0 Å². The van der Waals surface area contributed by atoms with Gasteiger partial charge in [0, 0.05) is 29.0 Å². The van der Waals surface area contributed by atoms with Gasteiger partial charge in [-0.1, -0.05) is 32.0 Å². The van der Waals surface area contributed by atoms with Crippen molar-refractivity contribution >= 4 is 28.9 Å². The van der Waals surface area contributed by atoms with Crippen LogP contribution in [-0.4, -0.2) is 27.9 Å². The highest BCUT2D eigenvalue weighted by Gasteiger charge is 2.20. The molecule has 156 valence electrons. The number of para-hydroxylation sites is 1. The van der Waals surface area contributed by atoms with E-state index in [-0.39, 0.29) is 12.3 Å². The van der Waals surface area contributed by atoms with E-state index >= 15 is 0 Å². The SMILES string of the molecule is CC[C@H](C)c1ccccc1NC(=O)[C@@H](C)OC(=O)Cc1csc(-c2cccnc2)n1. The predicted molar refractivity (Wildman–Crippen MR) is 118 cm³/mol. The molecular formula is C23H25N3O3S. The van der Waals surface area contributed by atoms with Crippen LogP contribution in [-0.2, 0) is 20.7 Å². The van der Waals surface area contributed by atoms with Gasteiger partial charge in [0.15, 0.2) is 6.10 Å². The zero-order valence-electron chi connectivity index (χ0n) is 17.3. The first kappa shape index (κ1) is 21.6. The molecular weight excluding hydrogens is 398 g/mol. The Hall–Kier alpha value is -3.06. The molecule has 0 saturated carbocycles. The molecule has 1 N–H and O–H groups in total. The lowest BCUT2D eigenvalue weighted by atomic mass is 9.97. The minimum Gasteiger partial charge on any atom is -0.452 e. The Balaban J connectivity index is 1.57. The lowest BCUT2D eigenvalue weighted by Crippen LogP contribution is -2.31. The average molecular weight is 424 g/mol. The normalized spacial score (nSPS) is 12.8. The molecule has 0 spiro atoms. The molecule has 0 aliphatic carbocycles. The van der Waals surface area contributed by atoms with Crippen molar-refractivity contribution < 1.29 is 14.3 Å². The van der Waals surface area contributed by atoms with Crippen LogP contribution in [0.25, 0.3) is 10.6 Å². The standard InChI is InChI=1S/C23H25N3O3S/c1-4-15(2)19-9-5-6-10-20(19)26-22(28)16(3)29-21(27)12-18-14-30-23(25-18)17-8-7-11-24-13-17/h5-11,13-16H,4,12H2,1-3H3,(H,26,28)/t15-,16+/m0/s1. The molecule has 1 aromatic carbocycles. The van der Waals surface area contributed by atoms with Gasteiger partial charge in [-0.15, -0.1) is 11.3 Å². The number of anilines is 1. The van der Waals surface area contributed by atoms with Gasteiger partial charge in [-0.2, -0.15) is 0 Å². The van der Waals surface area contributed by atoms with E-state index in [0.29, 0.717) is 11.6 Å². The molecule has 2 heterocycles. The summed E-state index contributed by atoms with van der Waals surface area (Å²) in [5.74, 6) is -0.526. The van der Waals surface area contributed by atoms with E-state index in [0.717, 1.165) is 28.2 Å². The topological polar surface area (TPSA) is 81.2 Å². The molecule has 0 aliphatic rings. The van der Waals surface area contributed by atoms with Gasteiger partial charge in [0.05, 0.1) is 12.1 Å². The van der Waals surface area contributed by atoms with Crippen molar-refractivity contribution in [3.05, 3.63) is 65.4 Å². The van der Waals surface area contributed by atoms with Gasteiger partial charge < -0.3 is 10.1 Å². The van der Waals surface area contributed by atoms with Gasteiger partial charge in [-0.05, 0) is 43.0 Å². The molecule has 0 fully saturated rings. The molecule has 2 aromatic heterocycles. The molecule has 0 radical (unpaired) electrons. The Morgan fingerprint density at radius 2 is 1.97 bits per heavy atom. The minimum atomic E-state index is -0.904. The Morgan fingerprint density at radius 3 is 2.70 bits per heavy atom. The van der Waals surface area contributed by atoms with Gasteiger partial charge in [0.1, 0.15) is 5.01 Å². The fraction of sp³-hybridized carbons (Fsp3) is 0.304. The second-order valence-corrected chi connectivity index (χ2v) is 7.94. The van der Waals surface area contributed by atoms with E-state index in [1.165, 1.54) is 11.3 Å². The number of amides is 1. The highest BCUT2D eigenvalue weighted by Crippen LogP contribution is 2.27. The van der Waals surface area contributed by atoms with Crippen molar-refractivity contribution in [2.45, 2.75) is 45.6 Å². The third-order valence-electron chi connectivity index (χ3n) is 4.83. The molecule has 7 heteroatoms. The number of carbonyl (C=O) groups excluding carboxylic acids is 2. The summed E-state index contributed by atoms with van der Waals surface area (Å²) in [6.45, 7) is 5.79. The highest BCUT2D eigenvalue weighted by atomic mass is 32.1. The number of esters is 1. The molecule has 2 atom stereocenters. The molecule has 1 amide bonds. The van der Waals surface area contributed by atoms with Crippen molar-refractivity contribution in [3.63, 3.8) is 0 Å². The maximum atomic E-state index is 12.5. The molecule has 3 rings (SSSR count). The smallest absolute Gasteiger partial charge is 0.312 e. The van der Waals surface area contributed by atoms with Crippen LogP contribution in [0.5, 0.6) is 0 Å². The maximum absolute atomic E-state index is 12.5. The van der Waals surface area contributed by atoms with Gasteiger partial charge in [0.25, 0.3) is 5.91 Å². The first-order chi connectivity index (χ1) is 14.5. The van der Waals surface area contributed by atoms with Crippen LogP contribution in [0, 0.1) is 0 Å². The number of hydrogen-bond donors (Lipinski definition) is 1. The summed E-state index contributed by atoms with van der Waals surface area (Å²) >= 11 is 1.44. The summed E-state index contributed by atoms with van der Waals surface area (Å²) in [6.07, 6.45) is 3.50. The van der Waals surface area contributed by atoms with E-state index < -0.39 is 12.1 Å². The number of benzene rings is 1. The molecule has 30 heavy (non-hydrogen) atoms. The fourth-order valence-corrected chi connectivity index (χ4v) is 3.76. The summed E-state index contributed by atoms with van der Waals surface area (Å²) in [4.78, 5) is 33.4. The highest BCUT2D eigenvalue weighted by molar-refractivity contribution is 7.13. The fourth-order valence-electron chi connectivity index (χ4n) is 2.95. The van der Waals surface area contributed by atoms with Crippen LogP contribution >= 0.6 is 11.3 Å². The van der Waals surface area contributed by atoms with Crippen molar-refractivity contribution in [3.8, 4) is 10.6 Å². The second-order valence-electron chi connectivity index (χ2n) is 7.08. The van der Waals surface area contributed by atoms with E-state index in [1.54, 1.807) is 19.3 Å². The van der Waals surface area contributed by atoms with Crippen LogP contribution in [0.2, 0.25) is 0 Å². The van der Waals surface area contributed by atoms with Crippen molar-refractivity contribution in [1.82, 2.24) is 9.97 Å². The largest absolute Gasteiger partial charge is 0.452 e. The number of thiazole rings is 1. The summed E-state index contributed by atoms with van der Waals surface area (Å²) in [5, 5.41) is 5.49. The van der Waals surface area contributed by atoms with E-state index in [9.17, 15) is 9.59 Å². The van der Waals surface area contributed by atoms with Crippen LogP contribution in [0.1, 0.15) is 44.4 Å². The number of rotatable bonds is 8. The summed E-state index contributed by atoms with van der Waals surface area (Å²) in [7, 11) is 0. The summed E-state index contributed by atoms with van der Waals surface area (Å²) in [6, 6.07) is 11.4. The van der Waals surface area contributed by atoms with Crippen LogP contribution < -0.4 is 5.32 Å². The first-order valence-electron chi connectivity index (χ1n) is 9.92. The Kier molecular flexibility index (Phi) is 7.30. The molecule has 6 nitrogen and oxygen atoms in total. The Labute approximate surface area is 180 Å². The van der Waals surface area contributed by atoms with E-state index in [1.807, 2.05) is 41.8 Å². The number of aromatic nitrogens is 2. The van der Waals surface area contributed by atoms with Crippen LogP contribution in [0.15, 0.2) is 54.2 Å². The van der Waals surface area contributed by atoms with E-state index in [4.69, 9.17) is 4.74 Å². The minimum absolute atomic E-state index is 0.0117. The lowest BCUT2D eigenvalue weighted by molar-refractivity contribution is -0.152. The van der Waals surface area contributed by atoms with Gasteiger partial charge in [-0.25, -0.2) is 4.98 Å². The van der Waals surface area contributed by atoms with Crippen LogP contribution in [0.3, 0.4) is 0 Å². The number of ether oxygens (including phenoxy) is 1. The summed E-state index contributed by atoms with van der Waals surface area (Å²) in [5.41, 5.74) is 3.33. The van der Waals surface area contributed by atoms with Crippen molar-refractivity contribution in [2.24, 2.45) is 0 Å². The third kappa shape index (κ3) is 5.51. The van der Waals surface area contributed by atoms with Crippen molar-refractivity contribution in [2.75, 3.05) is 5.32 Å². The van der Waals surface area contributed by atoms with Crippen LogP contribution in [0.4, 0.5) is 5.69 Å². The number of hydrogen-bond acceptors (Lipinski definition) is 6. The maximum Gasteiger partial charge on any atom is 0.312 e. The molecule has 0 bridgehead atoms. The number of nitrogens with zero attached hydrogens (tertiary/aromatic N) is 2. The molecule has 0 saturated heterocycles. The monoisotopic (exact) mass is 423 g/mol. The zero-order valence-corrected chi connectivity index (χ0v) is 18.1. The summed E-state index contributed by atoms with van der Waals surface area (Å²) < 4.78 is 5.33.